The zero-order valence-corrected chi connectivity index (χ0v) is 16.2. The van der Waals surface area contributed by atoms with Crippen molar-refractivity contribution in [2.24, 2.45) is 0 Å². The largest absolute Gasteiger partial charge is 0.340 e. The van der Waals surface area contributed by atoms with Crippen LogP contribution in [0, 0.1) is 13.8 Å². The van der Waals surface area contributed by atoms with Crippen molar-refractivity contribution >= 4 is 22.2 Å². The van der Waals surface area contributed by atoms with Gasteiger partial charge in [0, 0.05) is 24.5 Å². The number of benzene rings is 1. The van der Waals surface area contributed by atoms with Gasteiger partial charge in [0.15, 0.2) is 4.96 Å². The number of fused-ring (bicyclic) bond motifs is 1. The van der Waals surface area contributed by atoms with Crippen LogP contribution in [0.2, 0.25) is 0 Å². The van der Waals surface area contributed by atoms with Gasteiger partial charge in [-0.05, 0) is 37.8 Å². The summed E-state index contributed by atoms with van der Waals surface area (Å²) < 4.78 is 2.11. The Morgan fingerprint density at radius 3 is 2.56 bits per heavy atom. The maximum Gasteiger partial charge on any atom is 0.222 e. The van der Waals surface area contributed by atoms with E-state index < -0.39 is 0 Å². The zero-order valence-electron chi connectivity index (χ0n) is 15.4. The maximum absolute atomic E-state index is 12.5. The number of rotatable bonds is 6. The molecule has 3 rings (SSSR count). The lowest BCUT2D eigenvalue weighted by molar-refractivity contribution is -0.130. The molecule has 2 aromatic heterocycles. The Labute approximate surface area is 153 Å². The van der Waals surface area contributed by atoms with Crippen LogP contribution >= 0.6 is 11.3 Å². The molecule has 0 unspecified atom stereocenters. The molecule has 0 atom stereocenters. The molecule has 4 nitrogen and oxygen atoms in total. The van der Waals surface area contributed by atoms with Gasteiger partial charge in [0.05, 0.1) is 17.9 Å². The van der Waals surface area contributed by atoms with Gasteiger partial charge in [-0.25, -0.2) is 4.98 Å². The van der Waals surface area contributed by atoms with E-state index in [4.69, 9.17) is 0 Å². The van der Waals surface area contributed by atoms with Crippen LogP contribution < -0.4 is 0 Å². The molecule has 0 fully saturated rings. The van der Waals surface area contributed by atoms with E-state index in [0.29, 0.717) is 13.0 Å². The third-order valence-corrected chi connectivity index (χ3v) is 5.51. The van der Waals surface area contributed by atoms with Crippen molar-refractivity contribution in [3.63, 3.8) is 0 Å². The van der Waals surface area contributed by atoms with Gasteiger partial charge in [0.2, 0.25) is 5.91 Å². The number of hydrogen-bond acceptors (Lipinski definition) is 3. The van der Waals surface area contributed by atoms with E-state index in [1.807, 2.05) is 18.9 Å². The highest BCUT2D eigenvalue weighted by molar-refractivity contribution is 7.17. The second-order valence-electron chi connectivity index (χ2n) is 6.56. The highest BCUT2D eigenvalue weighted by Gasteiger charge is 2.16. The van der Waals surface area contributed by atoms with E-state index in [9.17, 15) is 4.79 Å². The van der Waals surface area contributed by atoms with Crippen LogP contribution in [0.1, 0.15) is 40.7 Å². The summed E-state index contributed by atoms with van der Waals surface area (Å²) in [5, 5.41) is 0. The molecule has 0 aliphatic rings. The minimum atomic E-state index is 0.167. The Bertz CT molecular complexity index is 876. The highest BCUT2D eigenvalue weighted by Crippen LogP contribution is 2.21. The van der Waals surface area contributed by atoms with Gasteiger partial charge >= 0.3 is 0 Å². The van der Waals surface area contributed by atoms with Gasteiger partial charge in [-0.1, -0.05) is 31.2 Å². The predicted octanol–water partition coefficient (Wildman–Crippen LogP) is 4.17. The lowest BCUT2D eigenvalue weighted by Gasteiger charge is -2.17. The summed E-state index contributed by atoms with van der Waals surface area (Å²) in [6.07, 6.45) is 4.46. The average Bonchev–Trinajstić information content (AvgIpc) is 3.09. The molecule has 0 aliphatic heterocycles. The molecular formula is C20H25N3OS. The van der Waals surface area contributed by atoms with E-state index in [-0.39, 0.29) is 5.91 Å². The van der Waals surface area contributed by atoms with Gasteiger partial charge in [-0.2, -0.15) is 0 Å². The van der Waals surface area contributed by atoms with Crippen molar-refractivity contribution in [2.75, 3.05) is 7.05 Å². The van der Waals surface area contributed by atoms with Crippen LogP contribution in [-0.4, -0.2) is 27.2 Å². The quantitative estimate of drug-likeness (QED) is 0.666. The molecule has 3 aromatic rings. The fourth-order valence-corrected chi connectivity index (χ4v) is 3.89. The van der Waals surface area contributed by atoms with E-state index in [0.717, 1.165) is 29.2 Å². The summed E-state index contributed by atoms with van der Waals surface area (Å²) in [5.41, 5.74) is 4.65. The fourth-order valence-electron chi connectivity index (χ4n) is 3.00. The number of carbonyl (C=O) groups excluding carboxylic acids is 1. The first-order chi connectivity index (χ1) is 12.0. The lowest BCUT2D eigenvalue weighted by Crippen LogP contribution is -2.27. The minimum absolute atomic E-state index is 0.167. The Hall–Kier alpha value is -2.14. The van der Waals surface area contributed by atoms with Crippen molar-refractivity contribution in [3.8, 4) is 0 Å². The molecule has 1 aromatic carbocycles. The smallest absolute Gasteiger partial charge is 0.222 e. The van der Waals surface area contributed by atoms with E-state index >= 15 is 0 Å². The molecule has 0 saturated heterocycles. The molecule has 0 radical (unpaired) electrons. The van der Waals surface area contributed by atoms with Crippen LogP contribution in [0.4, 0.5) is 0 Å². The molecule has 0 bridgehead atoms. The third kappa shape index (κ3) is 3.93. The molecule has 25 heavy (non-hydrogen) atoms. The molecule has 0 spiro atoms. The van der Waals surface area contributed by atoms with Crippen LogP contribution in [-0.2, 0) is 24.2 Å². The van der Waals surface area contributed by atoms with E-state index in [1.54, 1.807) is 11.3 Å². The highest BCUT2D eigenvalue weighted by atomic mass is 32.1. The summed E-state index contributed by atoms with van der Waals surface area (Å²) in [7, 11) is 1.88. The first kappa shape index (κ1) is 17.7. The average molecular weight is 356 g/mol. The number of imidazole rings is 1. The van der Waals surface area contributed by atoms with E-state index in [1.165, 1.54) is 16.0 Å². The second kappa shape index (κ2) is 7.40. The molecule has 0 saturated carbocycles. The van der Waals surface area contributed by atoms with Crippen molar-refractivity contribution in [1.82, 2.24) is 14.3 Å². The third-order valence-electron chi connectivity index (χ3n) is 4.61. The Kier molecular flexibility index (Phi) is 5.23. The van der Waals surface area contributed by atoms with Gasteiger partial charge in [-0.3, -0.25) is 9.20 Å². The summed E-state index contributed by atoms with van der Waals surface area (Å²) in [4.78, 5) is 21.2. The summed E-state index contributed by atoms with van der Waals surface area (Å²) in [6.45, 7) is 6.84. The molecule has 5 heteroatoms. The first-order valence-corrected chi connectivity index (χ1v) is 9.55. The van der Waals surface area contributed by atoms with Crippen molar-refractivity contribution in [1.29, 1.82) is 0 Å². The molecule has 0 N–H and O–H groups in total. The predicted molar refractivity (Wildman–Crippen MR) is 103 cm³/mol. The Morgan fingerprint density at radius 1 is 1.20 bits per heavy atom. The molecule has 1 amide bonds. The minimum Gasteiger partial charge on any atom is -0.340 e. The number of carbonyl (C=O) groups is 1. The topological polar surface area (TPSA) is 37.6 Å². The van der Waals surface area contributed by atoms with E-state index in [2.05, 4.69) is 53.7 Å². The van der Waals surface area contributed by atoms with Gasteiger partial charge < -0.3 is 4.90 Å². The maximum atomic E-state index is 12.5. The summed E-state index contributed by atoms with van der Waals surface area (Å²) >= 11 is 1.68. The molecule has 2 heterocycles. The van der Waals surface area contributed by atoms with Crippen LogP contribution in [0.25, 0.3) is 4.96 Å². The monoisotopic (exact) mass is 355 g/mol. The van der Waals surface area contributed by atoms with Gasteiger partial charge in [-0.15, -0.1) is 11.3 Å². The molecule has 132 valence electrons. The number of aromatic nitrogens is 2. The van der Waals surface area contributed by atoms with Gasteiger partial charge in [0.25, 0.3) is 0 Å². The SMILES string of the molecule is CCc1ccc(CCC(=O)N(C)Cc2c(C)nc3sc(C)cn23)cc1. The van der Waals surface area contributed by atoms with Crippen LogP contribution in [0.3, 0.4) is 0 Å². The molecule has 0 aliphatic carbocycles. The fraction of sp³-hybridized carbons (Fsp3) is 0.400. The Balaban J connectivity index is 1.62. The first-order valence-electron chi connectivity index (χ1n) is 8.73. The number of thiazole rings is 1. The number of hydrogen-bond donors (Lipinski definition) is 0. The van der Waals surface area contributed by atoms with Crippen molar-refractivity contribution in [2.45, 2.75) is 46.6 Å². The number of aryl methyl sites for hydroxylation is 4. The standard InChI is InChI=1S/C20H25N3OS/c1-5-16-6-8-17(9-7-16)10-11-19(24)22(4)13-18-15(3)21-20-23(18)12-14(2)25-20/h6-9,12H,5,10-11,13H2,1-4H3. The Morgan fingerprint density at radius 2 is 1.88 bits per heavy atom. The lowest BCUT2D eigenvalue weighted by atomic mass is 10.1. The van der Waals surface area contributed by atoms with Crippen LogP contribution in [0.15, 0.2) is 30.5 Å². The number of nitrogens with zero attached hydrogens (tertiary/aromatic N) is 3. The van der Waals surface area contributed by atoms with Crippen molar-refractivity contribution in [3.05, 3.63) is 57.9 Å². The zero-order chi connectivity index (χ0) is 18.0. The second-order valence-corrected chi connectivity index (χ2v) is 7.77. The number of amides is 1. The van der Waals surface area contributed by atoms with Gasteiger partial charge in [0.1, 0.15) is 0 Å². The summed E-state index contributed by atoms with van der Waals surface area (Å²) in [5.74, 6) is 0.167. The normalized spacial score (nSPS) is 11.2. The molecular weight excluding hydrogens is 330 g/mol. The summed E-state index contributed by atoms with van der Waals surface area (Å²) in [6, 6.07) is 8.55. The van der Waals surface area contributed by atoms with Crippen molar-refractivity contribution < 1.29 is 4.79 Å². The van der Waals surface area contributed by atoms with Crippen LogP contribution in [0.5, 0.6) is 0 Å².